The van der Waals surface area contributed by atoms with E-state index in [0.717, 1.165) is 24.5 Å². The normalized spacial score (nSPS) is 17.9. The van der Waals surface area contributed by atoms with Crippen molar-refractivity contribution in [2.75, 3.05) is 6.54 Å². The molecule has 3 aromatic rings. The van der Waals surface area contributed by atoms with Crippen LogP contribution in [0.4, 0.5) is 4.39 Å². The van der Waals surface area contributed by atoms with Crippen molar-refractivity contribution >= 4 is 10.0 Å². The molecule has 28 heavy (non-hydrogen) atoms. The molecule has 3 heterocycles. The summed E-state index contributed by atoms with van der Waals surface area (Å²) in [5, 5.41) is 0. The van der Waals surface area contributed by atoms with Gasteiger partial charge in [0.05, 0.1) is 16.6 Å². The molecule has 146 valence electrons. The van der Waals surface area contributed by atoms with E-state index in [1.165, 1.54) is 28.6 Å². The Morgan fingerprint density at radius 2 is 1.96 bits per heavy atom. The van der Waals surface area contributed by atoms with Crippen LogP contribution in [0.15, 0.2) is 59.8 Å². The Morgan fingerprint density at radius 1 is 1.18 bits per heavy atom. The van der Waals surface area contributed by atoms with Crippen LogP contribution in [0, 0.1) is 5.82 Å². The molecular weight excluding hydrogens is 379 g/mol. The summed E-state index contributed by atoms with van der Waals surface area (Å²) >= 11 is 0. The lowest BCUT2D eigenvalue weighted by Gasteiger charge is -2.24. The number of imidazole rings is 1. The molecule has 1 fully saturated rings. The predicted molar refractivity (Wildman–Crippen MR) is 103 cm³/mol. The van der Waals surface area contributed by atoms with Gasteiger partial charge in [0.25, 0.3) is 0 Å². The van der Waals surface area contributed by atoms with Gasteiger partial charge in [-0.3, -0.25) is 4.57 Å². The molecule has 0 unspecified atom stereocenters. The van der Waals surface area contributed by atoms with Gasteiger partial charge in [-0.25, -0.2) is 22.8 Å². The molecule has 0 aliphatic carbocycles. The van der Waals surface area contributed by atoms with Gasteiger partial charge < -0.3 is 0 Å². The third kappa shape index (κ3) is 3.33. The van der Waals surface area contributed by atoms with Crippen LogP contribution in [0.25, 0.3) is 5.82 Å². The van der Waals surface area contributed by atoms with Gasteiger partial charge in [0, 0.05) is 25.4 Å². The molecule has 0 spiro atoms. The Kier molecular flexibility index (Phi) is 4.99. The maximum atomic E-state index is 13.2. The monoisotopic (exact) mass is 400 g/mol. The molecule has 4 rings (SSSR count). The molecule has 0 radical (unpaired) electrons. The zero-order valence-corrected chi connectivity index (χ0v) is 16.3. The zero-order valence-electron chi connectivity index (χ0n) is 15.5. The molecule has 2 aromatic heterocycles. The summed E-state index contributed by atoms with van der Waals surface area (Å²) in [6.45, 7) is 2.44. The average molecular weight is 400 g/mol. The first-order chi connectivity index (χ1) is 13.5. The van der Waals surface area contributed by atoms with Crippen LogP contribution in [0.3, 0.4) is 0 Å². The fourth-order valence-electron chi connectivity index (χ4n) is 3.63. The predicted octanol–water partition coefficient (Wildman–Crippen LogP) is 3.49. The van der Waals surface area contributed by atoms with Crippen LogP contribution in [0.1, 0.15) is 37.3 Å². The number of hydrogen-bond donors (Lipinski definition) is 0. The first-order valence-electron chi connectivity index (χ1n) is 9.27. The van der Waals surface area contributed by atoms with E-state index in [-0.39, 0.29) is 10.9 Å². The van der Waals surface area contributed by atoms with Gasteiger partial charge in [-0.05, 0) is 49.2 Å². The lowest BCUT2D eigenvalue weighted by Crippen LogP contribution is -2.31. The van der Waals surface area contributed by atoms with Crippen molar-refractivity contribution in [3.63, 3.8) is 0 Å². The van der Waals surface area contributed by atoms with Crippen LogP contribution in [0.5, 0.6) is 0 Å². The maximum absolute atomic E-state index is 13.2. The standard InChI is InChI=1S/C20H21FN4O2S/c1-2-19-22-12-14-24(19)20-7-3-5-17(23-20)18-6-4-13-25(18)28(26,27)16-10-8-15(21)9-11-16/h3,5,7-12,14,18H,2,4,6,13H2,1H3/t18-/m1/s1. The van der Waals surface area contributed by atoms with E-state index in [1.807, 2.05) is 35.9 Å². The number of sulfonamides is 1. The highest BCUT2D eigenvalue weighted by molar-refractivity contribution is 7.89. The van der Waals surface area contributed by atoms with Crippen molar-refractivity contribution in [3.8, 4) is 5.82 Å². The number of halogens is 1. The number of aromatic nitrogens is 3. The lowest BCUT2D eigenvalue weighted by atomic mass is 10.1. The fraction of sp³-hybridized carbons (Fsp3) is 0.300. The van der Waals surface area contributed by atoms with Gasteiger partial charge in [-0.2, -0.15) is 4.31 Å². The molecule has 6 nitrogen and oxygen atoms in total. The molecule has 1 atom stereocenters. The Hall–Kier alpha value is -2.58. The molecule has 0 bridgehead atoms. The summed E-state index contributed by atoms with van der Waals surface area (Å²) in [5.74, 6) is 1.16. The average Bonchev–Trinajstić information content (AvgIpc) is 3.38. The molecule has 8 heteroatoms. The molecule has 1 aromatic carbocycles. The topological polar surface area (TPSA) is 68.1 Å². The van der Waals surface area contributed by atoms with E-state index in [0.29, 0.717) is 18.7 Å². The highest BCUT2D eigenvalue weighted by Crippen LogP contribution is 2.36. The van der Waals surface area contributed by atoms with Crippen LogP contribution in [0.2, 0.25) is 0 Å². The van der Waals surface area contributed by atoms with Crippen LogP contribution >= 0.6 is 0 Å². The Balaban J connectivity index is 1.69. The van der Waals surface area contributed by atoms with Gasteiger partial charge >= 0.3 is 0 Å². The summed E-state index contributed by atoms with van der Waals surface area (Å²) in [7, 11) is -3.72. The number of hydrogen-bond acceptors (Lipinski definition) is 4. The van der Waals surface area contributed by atoms with Crippen molar-refractivity contribution in [2.24, 2.45) is 0 Å². The highest BCUT2D eigenvalue weighted by atomic mass is 32.2. The third-order valence-corrected chi connectivity index (χ3v) is 6.92. The SMILES string of the molecule is CCc1nccn1-c1cccc([C@H]2CCCN2S(=O)(=O)c2ccc(F)cc2)n1. The first kappa shape index (κ1) is 18.8. The van der Waals surface area contributed by atoms with E-state index >= 15 is 0 Å². The molecule has 1 aliphatic heterocycles. The molecule has 1 aliphatic rings. The second kappa shape index (κ2) is 7.44. The summed E-state index contributed by atoms with van der Waals surface area (Å²) < 4.78 is 42.8. The Labute approximate surface area is 163 Å². The number of benzene rings is 1. The Morgan fingerprint density at radius 3 is 2.71 bits per heavy atom. The van der Waals surface area contributed by atoms with Gasteiger partial charge in [-0.15, -0.1) is 0 Å². The molecule has 0 saturated carbocycles. The Bertz CT molecular complexity index is 1080. The second-order valence-electron chi connectivity index (χ2n) is 6.72. The van der Waals surface area contributed by atoms with E-state index in [9.17, 15) is 12.8 Å². The van der Waals surface area contributed by atoms with Gasteiger partial charge in [0.1, 0.15) is 17.5 Å². The molecule has 0 N–H and O–H groups in total. The third-order valence-electron chi connectivity index (χ3n) is 5.00. The second-order valence-corrected chi connectivity index (χ2v) is 8.61. The van der Waals surface area contributed by atoms with E-state index in [1.54, 1.807) is 6.20 Å². The van der Waals surface area contributed by atoms with Gasteiger partial charge in [0.2, 0.25) is 10.0 Å². The smallest absolute Gasteiger partial charge is 0.243 e. The van der Waals surface area contributed by atoms with Gasteiger partial charge in [-0.1, -0.05) is 13.0 Å². The van der Waals surface area contributed by atoms with E-state index < -0.39 is 15.8 Å². The van der Waals surface area contributed by atoms with E-state index in [2.05, 4.69) is 4.98 Å². The summed E-state index contributed by atoms with van der Waals surface area (Å²) in [5.41, 5.74) is 0.705. The quantitative estimate of drug-likeness (QED) is 0.657. The number of nitrogens with zero attached hydrogens (tertiary/aromatic N) is 4. The largest absolute Gasteiger partial charge is 0.288 e. The number of rotatable bonds is 5. The fourth-order valence-corrected chi connectivity index (χ4v) is 5.30. The summed E-state index contributed by atoms with van der Waals surface area (Å²) in [4.78, 5) is 9.16. The zero-order chi connectivity index (χ0) is 19.7. The maximum Gasteiger partial charge on any atom is 0.243 e. The van der Waals surface area contributed by atoms with Crippen molar-refractivity contribution < 1.29 is 12.8 Å². The van der Waals surface area contributed by atoms with Crippen molar-refractivity contribution in [1.82, 2.24) is 18.8 Å². The van der Waals surface area contributed by atoms with Crippen LogP contribution in [-0.4, -0.2) is 33.8 Å². The molecule has 1 saturated heterocycles. The molecular formula is C20H21FN4O2S. The van der Waals surface area contributed by atoms with Crippen molar-refractivity contribution in [1.29, 1.82) is 0 Å². The van der Waals surface area contributed by atoms with Crippen LogP contribution < -0.4 is 0 Å². The van der Waals surface area contributed by atoms with Gasteiger partial charge in [0.15, 0.2) is 0 Å². The van der Waals surface area contributed by atoms with Crippen molar-refractivity contribution in [2.45, 2.75) is 37.1 Å². The highest BCUT2D eigenvalue weighted by Gasteiger charge is 2.37. The number of aryl methyl sites for hydroxylation is 1. The van der Waals surface area contributed by atoms with Crippen LogP contribution in [-0.2, 0) is 16.4 Å². The minimum atomic E-state index is -3.72. The van der Waals surface area contributed by atoms with E-state index in [4.69, 9.17) is 4.98 Å². The summed E-state index contributed by atoms with van der Waals surface area (Å²) in [6.07, 6.45) is 5.80. The minimum Gasteiger partial charge on any atom is -0.288 e. The number of pyridine rings is 1. The lowest BCUT2D eigenvalue weighted by molar-refractivity contribution is 0.390. The van der Waals surface area contributed by atoms with Crippen molar-refractivity contribution in [3.05, 3.63) is 72.2 Å². The minimum absolute atomic E-state index is 0.0971. The summed E-state index contributed by atoms with van der Waals surface area (Å²) in [6, 6.07) is 10.2. The molecule has 0 amide bonds. The first-order valence-corrected chi connectivity index (χ1v) is 10.7.